The van der Waals surface area contributed by atoms with E-state index < -0.39 is 5.97 Å². The monoisotopic (exact) mass is 272 g/mol. The second kappa shape index (κ2) is 4.51. The summed E-state index contributed by atoms with van der Waals surface area (Å²) < 4.78 is 1.11. The van der Waals surface area contributed by atoms with E-state index in [1.54, 1.807) is 35.9 Å². The Balaban J connectivity index is 2.07. The van der Waals surface area contributed by atoms with Gasteiger partial charge in [-0.25, -0.2) is 9.78 Å². The van der Waals surface area contributed by atoms with Crippen molar-refractivity contribution in [3.8, 4) is 0 Å². The molecule has 5 heteroatoms. The van der Waals surface area contributed by atoms with Crippen LogP contribution in [0.1, 0.15) is 26.6 Å². The predicted molar refractivity (Wildman–Crippen MR) is 74.9 cm³/mol. The molecule has 2 N–H and O–H groups in total. The Morgan fingerprint density at radius 3 is 3.00 bits per heavy atom. The van der Waals surface area contributed by atoms with Crippen molar-refractivity contribution in [2.24, 2.45) is 0 Å². The Morgan fingerprint density at radius 2 is 2.32 bits per heavy atom. The molecule has 2 heterocycles. The van der Waals surface area contributed by atoms with Gasteiger partial charge in [-0.15, -0.1) is 11.3 Å². The number of fused-ring (bicyclic) bond motifs is 1. The minimum Gasteiger partial charge on any atom is -0.478 e. The molecule has 96 valence electrons. The fourth-order valence-electron chi connectivity index (χ4n) is 2.12. The van der Waals surface area contributed by atoms with Gasteiger partial charge >= 0.3 is 5.97 Å². The topological polar surface area (TPSA) is 66.0 Å². The third-order valence-electron chi connectivity index (χ3n) is 3.16. The van der Waals surface area contributed by atoms with E-state index in [9.17, 15) is 4.79 Å². The molecule has 0 aliphatic carbocycles. The molecule has 4 nitrogen and oxygen atoms in total. The first-order valence-corrected chi connectivity index (χ1v) is 6.70. The normalized spacial score (nSPS) is 11.0. The molecular weight excluding hydrogens is 260 g/mol. The quantitative estimate of drug-likeness (QED) is 0.769. The van der Waals surface area contributed by atoms with E-state index in [1.807, 2.05) is 13.0 Å². The highest BCUT2D eigenvalue weighted by Gasteiger charge is 2.12. The number of imidazole rings is 1. The zero-order valence-electron chi connectivity index (χ0n) is 10.3. The number of nitrogens with zero attached hydrogens (tertiary/aromatic N) is 1. The largest absolute Gasteiger partial charge is 0.478 e. The van der Waals surface area contributed by atoms with Crippen LogP contribution in [0.3, 0.4) is 0 Å². The number of carboxylic acid groups (broad SMARTS) is 1. The number of H-pyrrole nitrogens is 1. The number of hydrogen-bond donors (Lipinski definition) is 2. The Morgan fingerprint density at radius 1 is 1.47 bits per heavy atom. The first kappa shape index (κ1) is 11.9. The number of nitrogens with one attached hydrogen (secondary N) is 1. The number of carbonyl (C=O) groups is 1. The summed E-state index contributed by atoms with van der Waals surface area (Å²) in [5.41, 5.74) is 1.47. The lowest BCUT2D eigenvalue weighted by Crippen LogP contribution is -1.94. The number of aromatic amines is 1. The molecule has 0 unspecified atom stereocenters. The van der Waals surface area contributed by atoms with Crippen LogP contribution in [-0.4, -0.2) is 21.0 Å². The summed E-state index contributed by atoms with van der Waals surface area (Å²) in [6.07, 6.45) is 4.29. The number of aromatic nitrogens is 2. The van der Waals surface area contributed by atoms with Crippen LogP contribution in [0, 0.1) is 6.92 Å². The van der Waals surface area contributed by atoms with Gasteiger partial charge in [0, 0.05) is 28.4 Å². The minimum atomic E-state index is -0.889. The van der Waals surface area contributed by atoms with Gasteiger partial charge in [0.25, 0.3) is 0 Å². The lowest BCUT2D eigenvalue weighted by atomic mass is 10.1. The smallest absolute Gasteiger partial charge is 0.335 e. The maximum absolute atomic E-state index is 11.0. The van der Waals surface area contributed by atoms with Crippen LogP contribution in [0.25, 0.3) is 10.1 Å². The molecule has 0 aliphatic heterocycles. The molecule has 0 bridgehead atoms. The lowest BCUT2D eigenvalue weighted by molar-refractivity contribution is 0.0697. The van der Waals surface area contributed by atoms with Gasteiger partial charge < -0.3 is 10.1 Å². The van der Waals surface area contributed by atoms with Gasteiger partial charge in [0.2, 0.25) is 0 Å². The maximum atomic E-state index is 11.0. The highest BCUT2D eigenvalue weighted by atomic mass is 32.1. The van der Waals surface area contributed by atoms with Crippen LogP contribution in [0.15, 0.2) is 30.6 Å². The summed E-state index contributed by atoms with van der Waals surface area (Å²) in [6, 6.07) is 5.27. The SMILES string of the molecule is Cc1c(Cc2ncc[nH]2)sc2ccc(C(=O)O)cc12. The van der Waals surface area contributed by atoms with Gasteiger partial charge in [-0.05, 0) is 36.1 Å². The van der Waals surface area contributed by atoms with Crippen LogP contribution >= 0.6 is 11.3 Å². The number of aromatic carboxylic acids is 1. The summed E-state index contributed by atoms with van der Waals surface area (Å²) >= 11 is 1.69. The molecule has 0 aliphatic rings. The number of benzene rings is 1. The van der Waals surface area contributed by atoms with Crippen LogP contribution in [0.2, 0.25) is 0 Å². The highest BCUT2D eigenvalue weighted by Crippen LogP contribution is 2.32. The molecule has 0 radical (unpaired) electrons. The number of hydrogen-bond acceptors (Lipinski definition) is 3. The van der Waals surface area contributed by atoms with Crippen LogP contribution < -0.4 is 0 Å². The van der Waals surface area contributed by atoms with Gasteiger partial charge in [0.1, 0.15) is 5.82 Å². The number of rotatable bonds is 3. The van der Waals surface area contributed by atoms with E-state index in [2.05, 4.69) is 9.97 Å². The molecule has 0 spiro atoms. The first-order valence-electron chi connectivity index (χ1n) is 5.88. The Kier molecular flexibility index (Phi) is 2.83. The molecule has 0 saturated heterocycles. The summed E-state index contributed by atoms with van der Waals surface area (Å²) in [4.78, 5) is 19.5. The predicted octanol–water partition coefficient (Wildman–Crippen LogP) is 3.22. The van der Waals surface area contributed by atoms with E-state index in [-0.39, 0.29) is 0 Å². The van der Waals surface area contributed by atoms with Gasteiger partial charge in [-0.2, -0.15) is 0 Å². The minimum absolute atomic E-state index is 0.331. The number of carboxylic acids is 1. The van der Waals surface area contributed by atoms with Crippen molar-refractivity contribution in [2.45, 2.75) is 13.3 Å². The van der Waals surface area contributed by atoms with Gasteiger partial charge in [0.05, 0.1) is 5.56 Å². The molecule has 0 saturated carbocycles. The molecule has 0 amide bonds. The molecule has 3 aromatic rings. The molecule has 3 rings (SSSR count). The average Bonchev–Trinajstić information content (AvgIpc) is 2.99. The fraction of sp³-hybridized carbons (Fsp3) is 0.143. The van der Waals surface area contributed by atoms with E-state index >= 15 is 0 Å². The van der Waals surface area contributed by atoms with Crippen molar-refractivity contribution >= 4 is 27.4 Å². The number of thiophene rings is 1. The lowest BCUT2D eigenvalue weighted by Gasteiger charge is -1.97. The van der Waals surface area contributed by atoms with E-state index in [0.717, 1.165) is 27.9 Å². The molecule has 19 heavy (non-hydrogen) atoms. The van der Waals surface area contributed by atoms with Crippen molar-refractivity contribution in [3.05, 3.63) is 52.4 Å². The molecule has 1 aromatic carbocycles. The van der Waals surface area contributed by atoms with Crippen molar-refractivity contribution in [1.82, 2.24) is 9.97 Å². The third kappa shape index (κ3) is 2.13. The summed E-state index contributed by atoms with van der Waals surface area (Å²) in [7, 11) is 0. The van der Waals surface area contributed by atoms with Gasteiger partial charge in [-0.3, -0.25) is 0 Å². The average molecular weight is 272 g/mol. The Hall–Kier alpha value is -2.14. The van der Waals surface area contributed by atoms with Crippen molar-refractivity contribution in [2.75, 3.05) is 0 Å². The zero-order chi connectivity index (χ0) is 13.4. The number of aryl methyl sites for hydroxylation is 1. The Labute approximate surface area is 113 Å². The molecule has 2 aromatic heterocycles. The Bertz CT molecular complexity index is 744. The van der Waals surface area contributed by atoms with Crippen LogP contribution in [-0.2, 0) is 6.42 Å². The molecular formula is C14H12N2O2S. The molecule has 0 fully saturated rings. The van der Waals surface area contributed by atoms with E-state index in [4.69, 9.17) is 5.11 Å². The fourth-order valence-corrected chi connectivity index (χ4v) is 3.32. The van der Waals surface area contributed by atoms with Crippen molar-refractivity contribution in [1.29, 1.82) is 0 Å². The van der Waals surface area contributed by atoms with Crippen molar-refractivity contribution in [3.63, 3.8) is 0 Å². The molecule has 0 atom stereocenters. The van der Waals surface area contributed by atoms with E-state index in [0.29, 0.717) is 5.56 Å². The van der Waals surface area contributed by atoms with Crippen LogP contribution in [0.5, 0.6) is 0 Å². The second-order valence-electron chi connectivity index (χ2n) is 4.38. The summed E-state index contributed by atoms with van der Waals surface area (Å²) in [5.74, 6) is 0.0354. The second-order valence-corrected chi connectivity index (χ2v) is 5.52. The standard InChI is InChI=1S/C14H12N2O2S/c1-8-10-6-9(14(17)18)2-3-11(10)19-12(8)7-13-15-4-5-16-13/h2-6H,7H2,1H3,(H,15,16)(H,17,18). The van der Waals surface area contributed by atoms with Crippen molar-refractivity contribution < 1.29 is 9.90 Å². The van der Waals surface area contributed by atoms with E-state index in [1.165, 1.54) is 4.88 Å². The zero-order valence-corrected chi connectivity index (χ0v) is 11.1. The summed E-state index contributed by atoms with van der Waals surface area (Å²) in [5, 5.41) is 10.1. The highest BCUT2D eigenvalue weighted by molar-refractivity contribution is 7.19. The van der Waals surface area contributed by atoms with Crippen LogP contribution in [0.4, 0.5) is 0 Å². The summed E-state index contributed by atoms with van der Waals surface area (Å²) in [6.45, 7) is 2.03. The maximum Gasteiger partial charge on any atom is 0.335 e. The van der Waals surface area contributed by atoms with Gasteiger partial charge in [0.15, 0.2) is 0 Å². The van der Waals surface area contributed by atoms with Gasteiger partial charge in [-0.1, -0.05) is 0 Å². The third-order valence-corrected chi connectivity index (χ3v) is 4.44. The first-order chi connectivity index (χ1) is 9.15.